The molecule has 0 aliphatic heterocycles. The van der Waals surface area contributed by atoms with Crippen LogP contribution in [0.4, 0.5) is 23.0 Å². The van der Waals surface area contributed by atoms with Crippen molar-refractivity contribution < 1.29 is 18.1 Å². The average Bonchev–Trinajstić information content (AvgIpc) is 2.79. The Hall–Kier alpha value is -4.32. The van der Waals surface area contributed by atoms with Crippen LogP contribution in [-0.2, 0) is 10.0 Å². The van der Waals surface area contributed by atoms with Crippen LogP contribution >= 0.6 is 0 Å². The Morgan fingerprint density at radius 1 is 0.969 bits per heavy atom. The van der Waals surface area contributed by atoms with Crippen molar-refractivity contribution in [3.05, 3.63) is 77.0 Å². The highest BCUT2D eigenvalue weighted by Gasteiger charge is 2.21. The van der Waals surface area contributed by atoms with E-state index in [0.717, 1.165) is 6.07 Å². The minimum Gasteiger partial charge on any atom is -0.480 e. The molecular weight excluding hydrogens is 436 g/mol. The van der Waals surface area contributed by atoms with Crippen molar-refractivity contribution in [2.75, 3.05) is 17.1 Å². The maximum absolute atomic E-state index is 13.0. The van der Waals surface area contributed by atoms with Crippen molar-refractivity contribution in [3.8, 4) is 5.88 Å². The van der Waals surface area contributed by atoms with Gasteiger partial charge >= 0.3 is 0 Å². The number of ether oxygens (including phenoxy) is 1. The fourth-order valence-electron chi connectivity index (χ4n) is 2.88. The van der Waals surface area contributed by atoms with Crippen LogP contribution in [0.15, 0.2) is 71.8 Å². The molecule has 0 bridgehead atoms. The molecule has 162 valence electrons. The molecule has 0 saturated heterocycles. The maximum Gasteiger partial charge on any atom is 0.270 e. The minimum atomic E-state index is -4.21. The Balaban J connectivity index is 1.79. The molecule has 0 fully saturated rings. The maximum atomic E-state index is 13.0. The van der Waals surface area contributed by atoms with Gasteiger partial charge in [-0.15, -0.1) is 0 Å². The average molecular weight is 452 g/mol. The number of fused-ring (bicyclic) bond motifs is 1. The van der Waals surface area contributed by atoms with Crippen LogP contribution in [0.2, 0.25) is 0 Å². The molecule has 12 heteroatoms. The van der Waals surface area contributed by atoms with Crippen molar-refractivity contribution in [1.29, 1.82) is 0 Å². The van der Waals surface area contributed by atoms with E-state index in [4.69, 9.17) is 4.74 Å². The van der Waals surface area contributed by atoms with Crippen molar-refractivity contribution in [1.82, 2.24) is 15.0 Å². The summed E-state index contributed by atoms with van der Waals surface area (Å²) in [5.41, 5.74) is 1.07. The number of rotatable bonds is 7. The zero-order chi connectivity index (χ0) is 22.7. The summed E-state index contributed by atoms with van der Waals surface area (Å²) in [4.78, 5) is 23.0. The second-order valence-electron chi connectivity index (χ2n) is 6.45. The van der Waals surface area contributed by atoms with E-state index in [2.05, 4.69) is 25.0 Å². The first kappa shape index (κ1) is 20.9. The second kappa shape index (κ2) is 8.43. The van der Waals surface area contributed by atoms with E-state index in [1.807, 2.05) is 0 Å². The first-order valence-electron chi connectivity index (χ1n) is 9.17. The number of methoxy groups -OCH3 is 1. The van der Waals surface area contributed by atoms with Crippen LogP contribution in [0.1, 0.15) is 0 Å². The van der Waals surface area contributed by atoms with Crippen LogP contribution in [-0.4, -0.2) is 35.4 Å². The third kappa shape index (κ3) is 4.25. The van der Waals surface area contributed by atoms with Gasteiger partial charge in [0, 0.05) is 18.3 Å². The smallest absolute Gasteiger partial charge is 0.270 e. The number of nitro groups is 1. The summed E-state index contributed by atoms with van der Waals surface area (Å²) in [7, 11) is -2.76. The summed E-state index contributed by atoms with van der Waals surface area (Å²) >= 11 is 0. The fraction of sp³-hybridized carbons (Fsp3) is 0.0500. The normalized spacial score (nSPS) is 11.2. The van der Waals surface area contributed by atoms with Gasteiger partial charge in [-0.2, -0.15) is 0 Å². The monoisotopic (exact) mass is 452 g/mol. The van der Waals surface area contributed by atoms with Gasteiger partial charge in [0.25, 0.3) is 15.7 Å². The number of aromatic nitrogens is 3. The molecule has 0 saturated carbocycles. The molecule has 0 radical (unpaired) electrons. The summed E-state index contributed by atoms with van der Waals surface area (Å²) in [6, 6.07) is 15.0. The zero-order valence-electron chi connectivity index (χ0n) is 16.6. The molecule has 4 aromatic rings. The molecule has 0 spiro atoms. The van der Waals surface area contributed by atoms with Gasteiger partial charge in [-0.05, 0) is 30.3 Å². The lowest BCUT2D eigenvalue weighted by Crippen LogP contribution is -2.16. The molecule has 2 N–H and O–H groups in total. The molecule has 0 amide bonds. The van der Waals surface area contributed by atoms with Crippen LogP contribution in [0.25, 0.3) is 11.0 Å². The molecule has 0 aliphatic carbocycles. The Morgan fingerprint density at radius 3 is 2.38 bits per heavy atom. The van der Waals surface area contributed by atoms with E-state index in [1.165, 1.54) is 25.3 Å². The number of anilines is 3. The highest BCUT2D eigenvalue weighted by molar-refractivity contribution is 7.92. The standard InChI is InChI=1S/C20H16N6O5S/c1-31-20-17(10-5-11-21-20)24-18-19(23-16-9-3-2-8-15(16)22-18)25-32(29,30)14-7-4-6-13(12-14)26(27)28/h2-12H,1H3,(H,22,24)(H,23,25). The highest BCUT2D eigenvalue weighted by atomic mass is 32.2. The molecule has 0 aliphatic rings. The summed E-state index contributed by atoms with van der Waals surface area (Å²) in [5.74, 6) is 0.278. The van der Waals surface area contributed by atoms with Crippen LogP contribution in [0.5, 0.6) is 5.88 Å². The minimum absolute atomic E-state index is 0.0962. The summed E-state index contributed by atoms with van der Waals surface area (Å²) in [5, 5.41) is 14.0. The van der Waals surface area contributed by atoms with E-state index in [1.54, 1.807) is 42.6 Å². The van der Waals surface area contributed by atoms with Crippen molar-refractivity contribution >= 4 is 44.1 Å². The van der Waals surface area contributed by atoms with Gasteiger partial charge in [0.2, 0.25) is 5.88 Å². The SMILES string of the molecule is COc1ncccc1Nc1nc2ccccc2nc1NS(=O)(=O)c1cccc([N+](=O)[O-])c1. The Labute approximate surface area is 182 Å². The number of nitro benzene ring substituents is 1. The quantitative estimate of drug-likeness (QED) is 0.317. The highest BCUT2D eigenvalue weighted by Crippen LogP contribution is 2.30. The van der Waals surface area contributed by atoms with Gasteiger partial charge < -0.3 is 10.1 Å². The number of non-ortho nitro benzene ring substituents is 1. The number of benzene rings is 2. The number of hydrogen-bond acceptors (Lipinski definition) is 9. The number of nitrogens with zero attached hydrogens (tertiary/aromatic N) is 4. The van der Waals surface area contributed by atoms with Gasteiger partial charge in [-0.3, -0.25) is 14.8 Å². The summed E-state index contributed by atoms with van der Waals surface area (Å²) in [6.45, 7) is 0. The van der Waals surface area contributed by atoms with Crippen LogP contribution in [0, 0.1) is 10.1 Å². The molecule has 32 heavy (non-hydrogen) atoms. The predicted octanol–water partition coefficient (Wildman–Crippen LogP) is 3.49. The first-order chi connectivity index (χ1) is 15.4. The molecular formula is C20H16N6O5S. The molecule has 2 aromatic carbocycles. The topological polar surface area (TPSA) is 149 Å². The summed E-state index contributed by atoms with van der Waals surface area (Å²) < 4.78 is 33.5. The lowest BCUT2D eigenvalue weighted by molar-refractivity contribution is -0.385. The van der Waals surface area contributed by atoms with Gasteiger partial charge in [-0.25, -0.2) is 23.4 Å². The van der Waals surface area contributed by atoms with E-state index in [-0.39, 0.29) is 28.1 Å². The molecule has 2 aromatic heterocycles. The second-order valence-corrected chi connectivity index (χ2v) is 8.14. The first-order valence-corrected chi connectivity index (χ1v) is 10.7. The number of hydrogen-bond donors (Lipinski definition) is 2. The van der Waals surface area contributed by atoms with Gasteiger partial charge in [-0.1, -0.05) is 18.2 Å². The Bertz CT molecular complexity index is 1430. The molecule has 11 nitrogen and oxygen atoms in total. The molecule has 2 heterocycles. The molecule has 0 unspecified atom stereocenters. The number of sulfonamides is 1. The van der Waals surface area contributed by atoms with Crippen LogP contribution < -0.4 is 14.8 Å². The van der Waals surface area contributed by atoms with Gasteiger partial charge in [0.15, 0.2) is 11.6 Å². The third-order valence-corrected chi connectivity index (χ3v) is 5.69. The third-order valence-electron chi connectivity index (χ3n) is 4.36. The largest absolute Gasteiger partial charge is 0.480 e. The van der Waals surface area contributed by atoms with E-state index < -0.39 is 14.9 Å². The van der Waals surface area contributed by atoms with Crippen molar-refractivity contribution in [3.63, 3.8) is 0 Å². The lowest BCUT2D eigenvalue weighted by Gasteiger charge is -2.15. The van der Waals surface area contributed by atoms with E-state index >= 15 is 0 Å². The molecule has 4 rings (SSSR count). The summed E-state index contributed by atoms with van der Waals surface area (Å²) in [6.07, 6.45) is 1.54. The Morgan fingerprint density at radius 2 is 1.69 bits per heavy atom. The van der Waals surface area contributed by atoms with E-state index in [9.17, 15) is 18.5 Å². The predicted molar refractivity (Wildman–Crippen MR) is 118 cm³/mol. The van der Waals surface area contributed by atoms with E-state index in [0.29, 0.717) is 16.7 Å². The number of para-hydroxylation sites is 2. The van der Waals surface area contributed by atoms with Gasteiger partial charge in [0.1, 0.15) is 5.69 Å². The fourth-order valence-corrected chi connectivity index (χ4v) is 3.93. The number of pyridine rings is 1. The van der Waals surface area contributed by atoms with Crippen molar-refractivity contribution in [2.45, 2.75) is 4.90 Å². The zero-order valence-corrected chi connectivity index (χ0v) is 17.4. The van der Waals surface area contributed by atoms with Crippen molar-refractivity contribution in [2.24, 2.45) is 0 Å². The van der Waals surface area contributed by atoms with Crippen LogP contribution in [0.3, 0.4) is 0 Å². The molecule has 0 atom stereocenters. The Kier molecular flexibility index (Phi) is 5.52. The number of nitrogens with one attached hydrogen (secondary N) is 2. The van der Waals surface area contributed by atoms with Gasteiger partial charge in [0.05, 0.1) is 28.0 Å². The lowest BCUT2D eigenvalue weighted by atomic mass is 10.3.